The van der Waals surface area contributed by atoms with Gasteiger partial charge in [0.1, 0.15) is 5.82 Å². The molecule has 24 heavy (non-hydrogen) atoms. The van der Waals surface area contributed by atoms with E-state index >= 15 is 0 Å². The number of rotatable bonds is 6. The lowest BCUT2D eigenvalue weighted by atomic mass is 9.97. The first-order valence-electron chi connectivity index (χ1n) is 8.88. The molecule has 1 amide bonds. The number of halogens is 1. The Morgan fingerprint density at radius 2 is 2.17 bits per heavy atom. The summed E-state index contributed by atoms with van der Waals surface area (Å²) in [6.07, 6.45) is 3.69. The Labute approximate surface area is 142 Å². The molecule has 0 spiro atoms. The monoisotopic (exact) mass is 335 g/mol. The predicted octanol–water partition coefficient (Wildman–Crippen LogP) is 3.12. The van der Waals surface area contributed by atoms with Crippen molar-refractivity contribution in [2.24, 2.45) is 0 Å². The third-order valence-corrected chi connectivity index (χ3v) is 5.02. The molecule has 2 saturated heterocycles. The van der Waals surface area contributed by atoms with Crippen molar-refractivity contribution in [2.45, 2.75) is 50.7 Å². The lowest BCUT2D eigenvalue weighted by Gasteiger charge is -2.21. The van der Waals surface area contributed by atoms with Crippen LogP contribution in [0.5, 0.6) is 0 Å². The van der Waals surface area contributed by atoms with Crippen molar-refractivity contribution in [1.82, 2.24) is 4.90 Å². The normalized spacial score (nSPS) is 26.9. The molecule has 0 saturated carbocycles. The number of carbonyl (C=O) groups excluding carboxylic acids is 1. The summed E-state index contributed by atoms with van der Waals surface area (Å²) in [4.78, 5) is 14.4. The number of carbonyl (C=O) groups is 1. The summed E-state index contributed by atoms with van der Waals surface area (Å²) in [5, 5.41) is 0. The van der Waals surface area contributed by atoms with Crippen LogP contribution in [-0.4, -0.2) is 49.3 Å². The maximum absolute atomic E-state index is 13.1. The highest BCUT2D eigenvalue weighted by Crippen LogP contribution is 2.32. The van der Waals surface area contributed by atoms with E-state index in [9.17, 15) is 9.18 Å². The summed E-state index contributed by atoms with van der Waals surface area (Å²) in [6, 6.07) is 6.84. The van der Waals surface area contributed by atoms with Crippen LogP contribution in [0.4, 0.5) is 4.39 Å². The molecule has 132 valence electrons. The van der Waals surface area contributed by atoms with Crippen molar-refractivity contribution >= 4 is 5.91 Å². The van der Waals surface area contributed by atoms with E-state index in [1.54, 1.807) is 0 Å². The summed E-state index contributed by atoms with van der Waals surface area (Å²) in [6.45, 7) is 4.64. The van der Waals surface area contributed by atoms with Crippen LogP contribution in [0.15, 0.2) is 24.3 Å². The maximum atomic E-state index is 13.1. The molecule has 0 radical (unpaired) electrons. The van der Waals surface area contributed by atoms with Gasteiger partial charge in [-0.3, -0.25) is 4.79 Å². The molecule has 3 atom stereocenters. The fraction of sp³-hybridized carbons (Fsp3) is 0.632. The zero-order valence-corrected chi connectivity index (χ0v) is 14.2. The van der Waals surface area contributed by atoms with Crippen LogP contribution in [0.1, 0.15) is 44.1 Å². The van der Waals surface area contributed by atoms with E-state index in [2.05, 4.69) is 6.92 Å². The molecule has 2 fully saturated rings. The van der Waals surface area contributed by atoms with Crippen LogP contribution in [0, 0.1) is 5.82 Å². The number of nitrogens with zero attached hydrogens (tertiary/aromatic N) is 1. The van der Waals surface area contributed by atoms with Crippen molar-refractivity contribution in [3.8, 4) is 0 Å². The first-order chi connectivity index (χ1) is 11.6. The van der Waals surface area contributed by atoms with E-state index in [0.29, 0.717) is 26.2 Å². The Morgan fingerprint density at radius 3 is 2.88 bits per heavy atom. The SMILES string of the molecule is C[C@@H]1C[C@@H](c2ccc(F)cc2)CN1C(=O)CCOC[C@H]1CCCO1. The van der Waals surface area contributed by atoms with E-state index in [1.807, 2.05) is 17.0 Å². The zero-order valence-electron chi connectivity index (χ0n) is 14.2. The van der Waals surface area contributed by atoms with Crippen LogP contribution < -0.4 is 0 Å². The Balaban J connectivity index is 1.43. The molecule has 5 heteroatoms. The number of benzene rings is 1. The number of amides is 1. The van der Waals surface area contributed by atoms with E-state index in [0.717, 1.165) is 31.4 Å². The number of hydrogen-bond acceptors (Lipinski definition) is 3. The lowest BCUT2D eigenvalue weighted by molar-refractivity contribution is -0.133. The molecule has 3 rings (SSSR count). The van der Waals surface area contributed by atoms with Gasteiger partial charge < -0.3 is 14.4 Å². The minimum atomic E-state index is -0.221. The predicted molar refractivity (Wildman–Crippen MR) is 89.3 cm³/mol. The van der Waals surface area contributed by atoms with Crippen LogP contribution in [0.25, 0.3) is 0 Å². The van der Waals surface area contributed by atoms with E-state index in [-0.39, 0.29) is 29.8 Å². The molecule has 2 aliphatic rings. The number of hydrogen-bond donors (Lipinski definition) is 0. The van der Waals surface area contributed by atoms with Gasteiger partial charge >= 0.3 is 0 Å². The van der Waals surface area contributed by atoms with Crippen LogP contribution in [0.3, 0.4) is 0 Å². The fourth-order valence-corrected chi connectivity index (χ4v) is 3.65. The molecule has 0 aliphatic carbocycles. The standard InChI is InChI=1S/C19H26FNO3/c1-14-11-16(15-4-6-17(20)7-5-15)12-21(14)19(22)8-10-23-13-18-3-2-9-24-18/h4-7,14,16,18H,2-3,8-13H2,1H3/t14-,16-,18-/m1/s1. The molecule has 0 aromatic heterocycles. The first kappa shape index (κ1) is 17.4. The van der Waals surface area contributed by atoms with Gasteiger partial charge in [0.05, 0.1) is 25.7 Å². The van der Waals surface area contributed by atoms with Crippen LogP contribution in [0.2, 0.25) is 0 Å². The van der Waals surface area contributed by atoms with Gasteiger partial charge in [-0.05, 0) is 43.9 Å². The quantitative estimate of drug-likeness (QED) is 0.750. The fourth-order valence-electron chi connectivity index (χ4n) is 3.65. The molecule has 2 heterocycles. The van der Waals surface area contributed by atoms with Gasteiger partial charge in [0.15, 0.2) is 0 Å². The Kier molecular flexibility index (Phi) is 5.85. The highest BCUT2D eigenvalue weighted by molar-refractivity contribution is 5.77. The molecule has 1 aromatic carbocycles. The average molecular weight is 335 g/mol. The molecule has 0 unspecified atom stereocenters. The summed E-state index contributed by atoms with van der Waals surface area (Å²) in [5.74, 6) is 0.206. The number of ether oxygens (including phenoxy) is 2. The highest BCUT2D eigenvalue weighted by Gasteiger charge is 2.32. The lowest BCUT2D eigenvalue weighted by Crippen LogP contribution is -2.34. The summed E-state index contributed by atoms with van der Waals surface area (Å²) in [7, 11) is 0. The van der Waals surface area contributed by atoms with E-state index < -0.39 is 0 Å². The van der Waals surface area contributed by atoms with Gasteiger partial charge in [-0.1, -0.05) is 12.1 Å². The third-order valence-electron chi connectivity index (χ3n) is 5.02. The van der Waals surface area contributed by atoms with Crippen molar-refractivity contribution in [2.75, 3.05) is 26.4 Å². The Hall–Kier alpha value is -1.46. The topological polar surface area (TPSA) is 38.8 Å². The highest BCUT2D eigenvalue weighted by atomic mass is 19.1. The van der Waals surface area contributed by atoms with Crippen molar-refractivity contribution < 1.29 is 18.7 Å². The summed E-state index contributed by atoms with van der Waals surface area (Å²) < 4.78 is 24.1. The van der Waals surface area contributed by atoms with E-state index in [1.165, 1.54) is 12.1 Å². The Morgan fingerprint density at radius 1 is 1.38 bits per heavy atom. The third kappa shape index (κ3) is 4.33. The number of likely N-dealkylation sites (tertiary alicyclic amines) is 1. The maximum Gasteiger partial charge on any atom is 0.225 e. The second-order valence-corrected chi connectivity index (χ2v) is 6.84. The summed E-state index contributed by atoms with van der Waals surface area (Å²) >= 11 is 0. The van der Waals surface area contributed by atoms with Crippen molar-refractivity contribution in [1.29, 1.82) is 0 Å². The van der Waals surface area contributed by atoms with Gasteiger partial charge in [0.25, 0.3) is 0 Å². The van der Waals surface area contributed by atoms with Crippen molar-refractivity contribution in [3.05, 3.63) is 35.6 Å². The second-order valence-electron chi connectivity index (χ2n) is 6.84. The van der Waals surface area contributed by atoms with Gasteiger partial charge in [-0.15, -0.1) is 0 Å². The Bertz CT molecular complexity index is 542. The molecular weight excluding hydrogens is 309 g/mol. The van der Waals surface area contributed by atoms with Crippen molar-refractivity contribution in [3.63, 3.8) is 0 Å². The van der Waals surface area contributed by atoms with Crippen LogP contribution in [-0.2, 0) is 14.3 Å². The molecule has 2 aliphatic heterocycles. The zero-order chi connectivity index (χ0) is 16.9. The molecule has 0 bridgehead atoms. The first-order valence-corrected chi connectivity index (χ1v) is 8.88. The smallest absolute Gasteiger partial charge is 0.225 e. The largest absolute Gasteiger partial charge is 0.378 e. The minimum Gasteiger partial charge on any atom is -0.378 e. The second kappa shape index (κ2) is 8.08. The molecule has 0 N–H and O–H groups in total. The minimum absolute atomic E-state index is 0.138. The van der Waals surface area contributed by atoms with Gasteiger partial charge in [0, 0.05) is 25.1 Å². The van der Waals surface area contributed by atoms with Crippen LogP contribution >= 0.6 is 0 Å². The summed E-state index contributed by atoms with van der Waals surface area (Å²) in [5.41, 5.74) is 1.10. The molecule has 4 nitrogen and oxygen atoms in total. The average Bonchev–Trinajstić information content (AvgIpc) is 3.22. The molecule has 1 aromatic rings. The molecular formula is C19H26FNO3. The van der Waals surface area contributed by atoms with Gasteiger partial charge in [-0.25, -0.2) is 4.39 Å². The van der Waals surface area contributed by atoms with E-state index in [4.69, 9.17) is 9.47 Å². The van der Waals surface area contributed by atoms with Gasteiger partial charge in [-0.2, -0.15) is 0 Å². The van der Waals surface area contributed by atoms with Gasteiger partial charge in [0.2, 0.25) is 5.91 Å².